The molecule has 0 fully saturated rings. The van der Waals surface area contributed by atoms with Crippen molar-refractivity contribution in [3.63, 3.8) is 0 Å². The lowest BCUT2D eigenvalue weighted by Crippen LogP contribution is -2.34. The third-order valence-corrected chi connectivity index (χ3v) is 6.03. The molecule has 0 bridgehead atoms. The van der Waals surface area contributed by atoms with Crippen molar-refractivity contribution in [1.82, 2.24) is 9.88 Å². The molecule has 9 heteroatoms. The molecule has 0 spiro atoms. The number of hydrogen-bond donors (Lipinski definition) is 2. The van der Waals surface area contributed by atoms with Gasteiger partial charge in [-0.2, -0.15) is 0 Å². The summed E-state index contributed by atoms with van der Waals surface area (Å²) in [7, 11) is 0. The van der Waals surface area contributed by atoms with Gasteiger partial charge in [-0.15, -0.1) is 0 Å². The van der Waals surface area contributed by atoms with Crippen LogP contribution in [0.3, 0.4) is 0 Å². The standard InChI is InChI=1S/C21H18F2N4O2S/c22-12-7-15-14(16(23)8-12)5-6-17(15)27(20(29)18-9-26-21(25)30-18)10-11-3-1-2-4-13(11)19(24)28/h1-4,7-9,17H,5-6,10H2,(H2,24,28)(H2,25,26)/t17-/m1/s1. The fourth-order valence-corrected chi connectivity index (χ4v) is 4.52. The van der Waals surface area contributed by atoms with E-state index < -0.39 is 23.6 Å². The topological polar surface area (TPSA) is 102 Å². The first kappa shape index (κ1) is 20.0. The molecule has 0 radical (unpaired) electrons. The van der Waals surface area contributed by atoms with Crippen molar-refractivity contribution in [2.24, 2.45) is 5.73 Å². The number of fused-ring (bicyclic) bond motifs is 1. The Morgan fingerprint density at radius 1 is 1.23 bits per heavy atom. The number of carbonyl (C=O) groups excluding carboxylic acids is 2. The quantitative estimate of drug-likeness (QED) is 0.650. The number of thiazole rings is 1. The molecule has 30 heavy (non-hydrogen) atoms. The molecule has 2 amide bonds. The van der Waals surface area contributed by atoms with Crippen molar-refractivity contribution in [2.45, 2.75) is 25.4 Å². The number of anilines is 1. The minimum absolute atomic E-state index is 0.0397. The fraction of sp³-hybridized carbons (Fsp3) is 0.190. The van der Waals surface area contributed by atoms with Gasteiger partial charge in [-0.3, -0.25) is 9.59 Å². The maximum Gasteiger partial charge on any atom is 0.266 e. The second-order valence-corrected chi connectivity index (χ2v) is 8.09. The zero-order valence-corrected chi connectivity index (χ0v) is 16.6. The molecule has 0 saturated carbocycles. The third kappa shape index (κ3) is 3.63. The highest BCUT2D eigenvalue weighted by Crippen LogP contribution is 2.39. The van der Waals surface area contributed by atoms with Crippen molar-refractivity contribution in [3.05, 3.63) is 81.4 Å². The van der Waals surface area contributed by atoms with Crippen LogP contribution in [0.1, 0.15) is 49.2 Å². The average Bonchev–Trinajstić information content (AvgIpc) is 3.32. The first-order chi connectivity index (χ1) is 14.3. The van der Waals surface area contributed by atoms with Gasteiger partial charge in [0, 0.05) is 18.2 Å². The summed E-state index contributed by atoms with van der Waals surface area (Å²) in [6, 6.07) is 8.22. The first-order valence-corrected chi connectivity index (χ1v) is 10.0. The number of amides is 2. The molecule has 1 aromatic heterocycles. The summed E-state index contributed by atoms with van der Waals surface area (Å²) in [4.78, 5) is 30.9. The highest BCUT2D eigenvalue weighted by molar-refractivity contribution is 7.17. The number of rotatable bonds is 5. The van der Waals surface area contributed by atoms with Crippen LogP contribution in [0.25, 0.3) is 0 Å². The van der Waals surface area contributed by atoms with E-state index in [0.717, 1.165) is 17.4 Å². The van der Waals surface area contributed by atoms with Gasteiger partial charge in [0.2, 0.25) is 5.91 Å². The van der Waals surface area contributed by atoms with Gasteiger partial charge in [0.25, 0.3) is 5.91 Å². The van der Waals surface area contributed by atoms with Crippen molar-refractivity contribution < 1.29 is 18.4 Å². The lowest BCUT2D eigenvalue weighted by molar-refractivity contribution is 0.0660. The molecule has 0 saturated heterocycles. The van der Waals surface area contributed by atoms with Crippen LogP contribution in [0.4, 0.5) is 13.9 Å². The molecule has 4 rings (SSSR count). The molecular weight excluding hydrogens is 410 g/mol. The Balaban J connectivity index is 1.79. The highest BCUT2D eigenvalue weighted by atomic mass is 32.1. The molecule has 2 aromatic carbocycles. The number of carbonyl (C=O) groups is 2. The SMILES string of the molecule is NC(=O)c1ccccc1CN(C(=O)c1cnc(N)s1)[C@@H]1CCc2c(F)cc(F)cc21. The van der Waals surface area contributed by atoms with Gasteiger partial charge in [-0.05, 0) is 41.7 Å². The molecule has 3 aromatic rings. The van der Waals surface area contributed by atoms with E-state index >= 15 is 0 Å². The second kappa shape index (κ2) is 7.83. The maximum absolute atomic E-state index is 14.3. The van der Waals surface area contributed by atoms with Crippen LogP contribution in [0, 0.1) is 11.6 Å². The Morgan fingerprint density at radius 2 is 2.00 bits per heavy atom. The zero-order chi connectivity index (χ0) is 21.4. The van der Waals surface area contributed by atoms with Crippen LogP contribution >= 0.6 is 11.3 Å². The van der Waals surface area contributed by atoms with Gasteiger partial charge < -0.3 is 16.4 Å². The summed E-state index contributed by atoms with van der Waals surface area (Å²) in [5.74, 6) is -2.33. The van der Waals surface area contributed by atoms with Gasteiger partial charge in [0.15, 0.2) is 5.13 Å². The zero-order valence-electron chi connectivity index (χ0n) is 15.8. The predicted octanol–water partition coefficient (Wildman–Crippen LogP) is 3.43. The smallest absolute Gasteiger partial charge is 0.266 e. The third-order valence-electron chi connectivity index (χ3n) is 5.22. The van der Waals surface area contributed by atoms with E-state index in [1.807, 2.05) is 0 Å². The van der Waals surface area contributed by atoms with Crippen molar-refractivity contribution in [3.8, 4) is 0 Å². The minimum Gasteiger partial charge on any atom is -0.375 e. The van der Waals surface area contributed by atoms with Crippen LogP contribution in [0.2, 0.25) is 0 Å². The summed E-state index contributed by atoms with van der Waals surface area (Å²) >= 11 is 1.03. The summed E-state index contributed by atoms with van der Waals surface area (Å²) in [5, 5.41) is 0.236. The first-order valence-electron chi connectivity index (χ1n) is 9.23. The van der Waals surface area contributed by atoms with Gasteiger partial charge in [0.1, 0.15) is 16.5 Å². The van der Waals surface area contributed by atoms with Crippen molar-refractivity contribution in [1.29, 1.82) is 0 Å². The monoisotopic (exact) mass is 428 g/mol. The maximum atomic E-state index is 14.3. The lowest BCUT2D eigenvalue weighted by atomic mass is 10.0. The molecule has 154 valence electrons. The largest absolute Gasteiger partial charge is 0.375 e. The number of nitrogens with two attached hydrogens (primary N) is 2. The predicted molar refractivity (Wildman–Crippen MR) is 109 cm³/mol. The van der Waals surface area contributed by atoms with Gasteiger partial charge in [-0.1, -0.05) is 29.5 Å². The van der Waals surface area contributed by atoms with E-state index in [4.69, 9.17) is 11.5 Å². The molecule has 1 heterocycles. The van der Waals surface area contributed by atoms with Crippen LogP contribution in [0.5, 0.6) is 0 Å². The average molecular weight is 428 g/mol. The second-order valence-electron chi connectivity index (χ2n) is 7.03. The summed E-state index contributed by atoms with van der Waals surface area (Å²) in [6.07, 6.45) is 2.17. The number of nitrogens with zero attached hydrogens (tertiary/aromatic N) is 2. The van der Waals surface area contributed by atoms with E-state index in [0.29, 0.717) is 34.4 Å². The van der Waals surface area contributed by atoms with E-state index in [9.17, 15) is 18.4 Å². The Morgan fingerprint density at radius 3 is 2.70 bits per heavy atom. The Kier molecular flexibility index (Phi) is 5.21. The van der Waals surface area contributed by atoms with Crippen LogP contribution in [-0.4, -0.2) is 21.7 Å². The summed E-state index contributed by atoms with van der Waals surface area (Å²) in [6.45, 7) is 0.0397. The molecule has 0 aliphatic heterocycles. The summed E-state index contributed by atoms with van der Waals surface area (Å²) < 4.78 is 28.2. The number of nitrogen functional groups attached to an aromatic ring is 1. The number of benzene rings is 2. The summed E-state index contributed by atoms with van der Waals surface area (Å²) in [5.41, 5.74) is 12.8. The van der Waals surface area contributed by atoms with Crippen molar-refractivity contribution in [2.75, 3.05) is 5.73 Å². The normalized spacial score (nSPS) is 15.1. The van der Waals surface area contributed by atoms with Crippen LogP contribution in [0.15, 0.2) is 42.6 Å². The number of hydrogen-bond acceptors (Lipinski definition) is 5. The van der Waals surface area contributed by atoms with Crippen LogP contribution < -0.4 is 11.5 Å². The van der Waals surface area contributed by atoms with Gasteiger partial charge in [0.05, 0.1) is 12.2 Å². The molecule has 4 N–H and O–H groups in total. The van der Waals surface area contributed by atoms with E-state index in [-0.39, 0.29) is 23.1 Å². The van der Waals surface area contributed by atoms with Crippen LogP contribution in [-0.2, 0) is 13.0 Å². The van der Waals surface area contributed by atoms with Crippen molar-refractivity contribution >= 4 is 28.3 Å². The Bertz CT molecular complexity index is 1150. The Hall–Kier alpha value is -3.33. The lowest BCUT2D eigenvalue weighted by Gasteiger charge is -2.30. The highest BCUT2D eigenvalue weighted by Gasteiger charge is 2.35. The van der Waals surface area contributed by atoms with Gasteiger partial charge in [-0.25, -0.2) is 13.8 Å². The molecular formula is C21H18F2N4O2S. The van der Waals surface area contributed by atoms with E-state index in [1.54, 1.807) is 24.3 Å². The fourth-order valence-electron chi connectivity index (χ4n) is 3.88. The van der Waals surface area contributed by atoms with Gasteiger partial charge >= 0.3 is 0 Å². The number of aromatic nitrogens is 1. The molecule has 1 aliphatic carbocycles. The minimum atomic E-state index is -0.704. The molecule has 1 atom stereocenters. The molecule has 6 nitrogen and oxygen atoms in total. The van der Waals surface area contributed by atoms with E-state index in [1.165, 1.54) is 17.2 Å². The number of primary amides is 1. The number of halogens is 2. The van der Waals surface area contributed by atoms with E-state index in [2.05, 4.69) is 4.98 Å². The molecule has 0 unspecified atom stereocenters. The molecule has 1 aliphatic rings. The Labute approximate surface area is 175 Å².